The SMILES string of the molecule is O=C(Cc1ccccc1)NC[C@H]1CC(=O)N(c2ccc3c(c2)OCO3)C1. The first-order valence-electron chi connectivity index (χ1n) is 8.69. The molecule has 2 aromatic rings. The summed E-state index contributed by atoms with van der Waals surface area (Å²) in [7, 11) is 0. The van der Waals surface area contributed by atoms with E-state index < -0.39 is 0 Å². The first kappa shape index (κ1) is 16.4. The fourth-order valence-corrected chi connectivity index (χ4v) is 3.32. The minimum atomic E-state index is -0.0230. The monoisotopic (exact) mass is 352 g/mol. The average Bonchev–Trinajstić information content (AvgIpc) is 3.26. The molecule has 1 saturated heterocycles. The highest BCUT2D eigenvalue weighted by atomic mass is 16.7. The third kappa shape index (κ3) is 3.49. The Morgan fingerprint density at radius 2 is 1.92 bits per heavy atom. The summed E-state index contributed by atoms with van der Waals surface area (Å²) >= 11 is 0. The Hall–Kier alpha value is -3.02. The van der Waals surface area contributed by atoms with Gasteiger partial charge in [0.05, 0.1) is 6.42 Å². The van der Waals surface area contributed by atoms with Crippen molar-refractivity contribution < 1.29 is 19.1 Å². The predicted octanol–water partition coefficient (Wildman–Crippen LogP) is 2.13. The Bertz CT molecular complexity index is 822. The van der Waals surface area contributed by atoms with Crippen LogP contribution in [0.15, 0.2) is 48.5 Å². The fraction of sp³-hybridized carbons (Fsp3) is 0.300. The van der Waals surface area contributed by atoms with E-state index in [1.807, 2.05) is 48.5 Å². The van der Waals surface area contributed by atoms with Gasteiger partial charge in [-0.2, -0.15) is 0 Å². The van der Waals surface area contributed by atoms with Crippen LogP contribution in [-0.2, 0) is 16.0 Å². The van der Waals surface area contributed by atoms with E-state index in [9.17, 15) is 9.59 Å². The molecular weight excluding hydrogens is 332 g/mol. The number of hydrogen-bond acceptors (Lipinski definition) is 4. The zero-order valence-corrected chi connectivity index (χ0v) is 14.3. The van der Waals surface area contributed by atoms with Gasteiger partial charge < -0.3 is 19.7 Å². The highest BCUT2D eigenvalue weighted by Gasteiger charge is 2.31. The van der Waals surface area contributed by atoms with Gasteiger partial charge in [-0.15, -0.1) is 0 Å². The second kappa shape index (κ2) is 7.07. The van der Waals surface area contributed by atoms with Crippen molar-refractivity contribution in [2.24, 2.45) is 5.92 Å². The van der Waals surface area contributed by atoms with E-state index in [1.165, 1.54) is 0 Å². The van der Waals surface area contributed by atoms with Crippen molar-refractivity contribution in [3.63, 3.8) is 0 Å². The van der Waals surface area contributed by atoms with Crippen LogP contribution in [0.1, 0.15) is 12.0 Å². The number of rotatable bonds is 5. The van der Waals surface area contributed by atoms with Crippen molar-refractivity contribution in [3.05, 3.63) is 54.1 Å². The molecule has 0 aromatic heterocycles. The molecule has 4 rings (SSSR count). The molecule has 0 saturated carbocycles. The van der Waals surface area contributed by atoms with Crippen LogP contribution in [0.25, 0.3) is 0 Å². The molecule has 2 aliphatic heterocycles. The first-order valence-corrected chi connectivity index (χ1v) is 8.69. The van der Waals surface area contributed by atoms with Gasteiger partial charge in [-0.25, -0.2) is 0 Å². The molecule has 6 nitrogen and oxygen atoms in total. The van der Waals surface area contributed by atoms with E-state index in [1.54, 1.807) is 4.90 Å². The van der Waals surface area contributed by atoms with Gasteiger partial charge in [-0.3, -0.25) is 9.59 Å². The Balaban J connectivity index is 1.32. The third-order valence-corrected chi connectivity index (χ3v) is 4.67. The van der Waals surface area contributed by atoms with Crippen LogP contribution in [-0.4, -0.2) is 31.7 Å². The van der Waals surface area contributed by atoms with Crippen LogP contribution in [0.3, 0.4) is 0 Å². The van der Waals surface area contributed by atoms with Crippen LogP contribution in [0.4, 0.5) is 5.69 Å². The van der Waals surface area contributed by atoms with Gasteiger partial charge in [0, 0.05) is 37.2 Å². The average molecular weight is 352 g/mol. The fourth-order valence-electron chi connectivity index (χ4n) is 3.32. The molecule has 1 N–H and O–H groups in total. The normalized spacial score (nSPS) is 18.2. The number of anilines is 1. The van der Waals surface area contributed by atoms with Crippen LogP contribution in [0.2, 0.25) is 0 Å². The van der Waals surface area contributed by atoms with E-state index in [-0.39, 0.29) is 24.5 Å². The summed E-state index contributed by atoms with van der Waals surface area (Å²) in [6.45, 7) is 1.30. The van der Waals surface area contributed by atoms with Crippen molar-refractivity contribution in [1.82, 2.24) is 5.32 Å². The van der Waals surface area contributed by atoms with Gasteiger partial charge in [0.1, 0.15) is 0 Å². The second-order valence-electron chi connectivity index (χ2n) is 6.58. The Kier molecular flexibility index (Phi) is 4.48. The molecule has 2 aliphatic rings. The van der Waals surface area contributed by atoms with Crippen molar-refractivity contribution in [3.8, 4) is 11.5 Å². The molecule has 26 heavy (non-hydrogen) atoms. The lowest BCUT2D eigenvalue weighted by atomic mass is 10.1. The van der Waals surface area contributed by atoms with E-state index in [0.29, 0.717) is 37.4 Å². The lowest BCUT2D eigenvalue weighted by Crippen LogP contribution is -2.32. The zero-order chi connectivity index (χ0) is 17.9. The molecule has 0 radical (unpaired) electrons. The minimum absolute atomic E-state index is 0.0230. The molecule has 134 valence electrons. The molecule has 2 heterocycles. The summed E-state index contributed by atoms with van der Waals surface area (Å²) in [4.78, 5) is 26.2. The maximum absolute atomic E-state index is 12.4. The van der Waals surface area contributed by atoms with Crippen molar-refractivity contribution >= 4 is 17.5 Å². The van der Waals surface area contributed by atoms with E-state index in [2.05, 4.69) is 5.32 Å². The van der Waals surface area contributed by atoms with Gasteiger partial charge in [0.15, 0.2) is 11.5 Å². The van der Waals surface area contributed by atoms with Crippen LogP contribution in [0.5, 0.6) is 11.5 Å². The highest BCUT2D eigenvalue weighted by Crippen LogP contribution is 2.37. The number of fused-ring (bicyclic) bond motifs is 1. The number of carbonyl (C=O) groups is 2. The third-order valence-electron chi connectivity index (χ3n) is 4.67. The standard InChI is InChI=1S/C20H20N2O4/c23-19(8-14-4-2-1-3-5-14)21-11-15-9-20(24)22(12-15)16-6-7-17-18(10-16)26-13-25-17/h1-7,10,15H,8-9,11-13H2,(H,21,23)/t15-/m1/s1. The maximum Gasteiger partial charge on any atom is 0.231 e. The number of ether oxygens (including phenoxy) is 2. The van der Waals surface area contributed by atoms with Crippen molar-refractivity contribution in [2.75, 3.05) is 24.8 Å². The molecule has 2 aromatic carbocycles. The zero-order valence-electron chi connectivity index (χ0n) is 14.3. The van der Waals surface area contributed by atoms with Gasteiger partial charge >= 0.3 is 0 Å². The summed E-state index contributed by atoms with van der Waals surface area (Å²) < 4.78 is 10.7. The van der Waals surface area contributed by atoms with Gasteiger partial charge in [-0.1, -0.05) is 30.3 Å². The predicted molar refractivity (Wildman–Crippen MR) is 96.2 cm³/mol. The second-order valence-corrected chi connectivity index (χ2v) is 6.58. The number of nitrogens with zero attached hydrogens (tertiary/aromatic N) is 1. The Morgan fingerprint density at radius 3 is 2.77 bits per heavy atom. The molecule has 1 fully saturated rings. The van der Waals surface area contributed by atoms with Gasteiger partial charge in [0.25, 0.3) is 0 Å². The molecule has 2 amide bonds. The molecular formula is C20H20N2O4. The lowest BCUT2D eigenvalue weighted by Gasteiger charge is -2.17. The van der Waals surface area contributed by atoms with E-state index in [0.717, 1.165) is 11.3 Å². The summed E-state index contributed by atoms with van der Waals surface area (Å²) in [6, 6.07) is 15.1. The summed E-state index contributed by atoms with van der Waals surface area (Å²) in [5, 5.41) is 2.94. The minimum Gasteiger partial charge on any atom is -0.454 e. The molecule has 0 aliphatic carbocycles. The highest BCUT2D eigenvalue weighted by molar-refractivity contribution is 5.96. The topological polar surface area (TPSA) is 67.9 Å². The Morgan fingerprint density at radius 1 is 1.12 bits per heavy atom. The summed E-state index contributed by atoms with van der Waals surface area (Å²) in [6.07, 6.45) is 0.785. The van der Waals surface area contributed by atoms with E-state index >= 15 is 0 Å². The molecule has 1 atom stereocenters. The summed E-state index contributed by atoms with van der Waals surface area (Å²) in [5.41, 5.74) is 1.78. The summed E-state index contributed by atoms with van der Waals surface area (Å²) in [5.74, 6) is 1.50. The van der Waals surface area contributed by atoms with Crippen LogP contribution in [0, 0.1) is 5.92 Å². The quantitative estimate of drug-likeness (QED) is 0.895. The molecule has 0 bridgehead atoms. The molecule has 0 spiro atoms. The van der Waals surface area contributed by atoms with E-state index in [4.69, 9.17) is 9.47 Å². The number of benzene rings is 2. The number of carbonyl (C=O) groups excluding carboxylic acids is 2. The van der Waals surface area contributed by atoms with Crippen molar-refractivity contribution in [2.45, 2.75) is 12.8 Å². The lowest BCUT2D eigenvalue weighted by molar-refractivity contribution is -0.121. The Labute approximate surface area is 151 Å². The first-order chi connectivity index (χ1) is 12.7. The number of nitrogens with one attached hydrogen (secondary N) is 1. The van der Waals surface area contributed by atoms with Gasteiger partial charge in [-0.05, 0) is 17.7 Å². The molecule has 0 unspecified atom stereocenters. The van der Waals surface area contributed by atoms with Crippen molar-refractivity contribution in [1.29, 1.82) is 0 Å². The van der Waals surface area contributed by atoms with Crippen LogP contribution >= 0.6 is 0 Å². The smallest absolute Gasteiger partial charge is 0.231 e. The maximum atomic E-state index is 12.4. The largest absolute Gasteiger partial charge is 0.454 e. The number of amides is 2. The number of hydrogen-bond donors (Lipinski definition) is 1. The van der Waals surface area contributed by atoms with Gasteiger partial charge in [0.2, 0.25) is 18.6 Å². The molecule has 6 heteroatoms. The van der Waals surface area contributed by atoms with Crippen LogP contribution < -0.4 is 19.7 Å².